The quantitative estimate of drug-likeness (QED) is 0.814. The largest absolute Gasteiger partial charge is 0.391 e. The number of fused-ring (bicyclic) bond motifs is 1. The number of nitrogens with zero attached hydrogens (tertiary/aromatic N) is 3. The van der Waals surface area contributed by atoms with E-state index in [1.165, 1.54) is 11.8 Å². The maximum Gasteiger partial charge on any atom is 0.195 e. The van der Waals surface area contributed by atoms with Crippen LogP contribution in [-0.2, 0) is 0 Å². The van der Waals surface area contributed by atoms with Gasteiger partial charge in [-0.3, -0.25) is 4.40 Å². The highest BCUT2D eigenvalue weighted by atomic mass is 32.2. The lowest BCUT2D eigenvalue weighted by Crippen LogP contribution is -2.41. The summed E-state index contributed by atoms with van der Waals surface area (Å²) in [4.78, 5) is 0. The SMILES string of the molecule is CC(C)(C)NCC(O)CSc1nnc2ccccn12. The van der Waals surface area contributed by atoms with E-state index in [1.807, 2.05) is 28.8 Å². The van der Waals surface area contributed by atoms with Crippen molar-refractivity contribution in [1.82, 2.24) is 19.9 Å². The van der Waals surface area contributed by atoms with Gasteiger partial charge in [0.25, 0.3) is 0 Å². The third-order valence-corrected chi connectivity index (χ3v) is 3.64. The smallest absolute Gasteiger partial charge is 0.195 e. The van der Waals surface area contributed by atoms with Gasteiger partial charge in [-0.05, 0) is 32.9 Å². The van der Waals surface area contributed by atoms with Crippen molar-refractivity contribution in [2.24, 2.45) is 0 Å². The van der Waals surface area contributed by atoms with Gasteiger partial charge >= 0.3 is 0 Å². The maximum absolute atomic E-state index is 9.94. The highest BCUT2D eigenvalue weighted by Crippen LogP contribution is 2.17. The molecule has 2 heterocycles. The molecule has 1 unspecified atom stereocenters. The molecule has 2 aromatic rings. The summed E-state index contributed by atoms with van der Waals surface area (Å²) in [5, 5.41) is 22.2. The molecule has 0 spiro atoms. The summed E-state index contributed by atoms with van der Waals surface area (Å²) >= 11 is 1.51. The highest BCUT2D eigenvalue weighted by Gasteiger charge is 2.13. The second-order valence-electron chi connectivity index (χ2n) is 5.51. The summed E-state index contributed by atoms with van der Waals surface area (Å²) in [5.41, 5.74) is 0.847. The van der Waals surface area contributed by atoms with Crippen molar-refractivity contribution in [3.63, 3.8) is 0 Å². The zero-order chi connectivity index (χ0) is 13.9. The molecule has 104 valence electrons. The summed E-state index contributed by atoms with van der Waals surface area (Å²) in [5.74, 6) is 0.596. The lowest BCUT2D eigenvalue weighted by atomic mass is 10.1. The summed E-state index contributed by atoms with van der Waals surface area (Å²) < 4.78 is 1.93. The molecule has 2 N–H and O–H groups in total. The first-order valence-electron chi connectivity index (χ1n) is 6.31. The molecular weight excluding hydrogens is 260 g/mol. The topological polar surface area (TPSA) is 62.5 Å². The number of hydrogen-bond acceptors (Lipinski definition) is 5. The minimum Gasteiger partial charge on any atom is -0.391 e. The Balaban J connectivity index is 1.88. The van der Waals surface area contributed by atoms with Gasteiger partial charge in [-0.25, -0.2) is 0 Å². The number of thioether (sulfide) groups is 1. The van der Waals surface area contributed by atoms with Crippen molar-refractivity contribution in [2.45, 2.75) is 37.6 Å². The fraction of sp³-hybridized carbons (Fsp3) is 0.538. The second-order valence-corrected chi connectivity index (χ2v) is 6.49. The zero-order valence-corrected chi connectivity index (χ0v) is 12.3. The normalized spacial score (nSPS) is 13.9. The zero-order valence-electron chi connectivity index (χ0n) is 11.5. The monoisotopic (exact) mass is 280 g/mol. The Hall–Kier alpha value is -1.11. The minimum atomic E-state index is -0.403. The van der Waals surface area contributed by atoms with Crippen LogP contribution in [0, 0.1) is 0 Å². The number of hydrogen-bond donors (Lipinski definition) is 2. The lowest BCUT2D eigenvalue weighted by Gasteiger charge is -2.22. The van der Waals surface area contributed by atoms with Crippen LogP contribution in [0.4, 0.5) is 0 Å². The summed E-state index contributed by atoms with van der Waals surface area (Å²) in [6.45, 7) is 6.82. The van der Waals surface area contributed by atoms with Crippen molar-refractivity contribution in [3.8, 4) is 0 Å². The van der Waals surface area contributed by atoms with Crippen LogP contribution in [0.3, 0.4) is 0 Å². The Kier molecular flexibility index (Phi) is 4.44. The first kappa shape index (κ1) is 14.3. The van der Waals surface area contributed by atoms with Gasteiger partial charge in [0.15, 0.2) is 10.8 Å². The van der Waals surface area contributed by atoms with Crippen LogP contribution in [0.25, 0.3) is 5.65 Å². The van der Waals surface area contributed by atoms with E-state index in [0.717, 1.165) is 10.8 Å². The number of β-amino-alcohol motifs (C(OH)–C–C–N with tert-alkyl or cyclic N) is 1. The fourth-order valence-corrected chi connectivity index (χ4v) is 2.42. The Bertz CT molecular complexity index is 535. The van der Waals surface area contributed by atoms with Crippen molar-refractivity contribution in [1.29, 1.82) is 0 Å². The molecule has 6 heteroatoms. The minimum absolute atomic E-state index is 0.0210. The van der Waals surface area contributed by atoms with Crippen molar-refractivity contribution in [2.75, 3.05) is 12.3 Å². The Labute approximate surface area is 117 Å². The first-order valence-corrected chi connectivity index (χ1v) is 7.30. The second kappa shape index (κ2) is 5.90. The summed E-state index contributed by atoms with van der Waals surface area (Å²) in [6.07, 6.45) is 1.53. The molecule has 0 aliphatic heterocycles. The molecule has 0 amide bonds. The predicted octanol–water partition coefficient (Wildman–Crippen LogP) is 1.57. The Morgan fingerprint density at radius 2 is 2.16 bits per heavy atom. The molecule has 0 saturated heterocycles. The van der Waals surface area contributed by atoms with E-state index in [0.29, 0.717) is 12.3 Å². The van der Waals surface area contributed by atoms with E-state index < -0.39 is 6.10 Å². The molecule has 0 aliphatic carbocycles. The average Bonchev–Trinajstić information content (AvgIpc) is 2.76. The highest BCUT2D eigenvalue weighted by molar-refractivity contribution is 7.99. The number of aliphatic hydroxyl groups is 1. The molecule has 0 aliphatic rings. The molecule has 0 fully saturated rings. The van der Waals surface area contributed by atoms with Crippen LogP contribution in [0.1, 0.15) is 20.8 Å². The third-order valence-electron chi connectivity index (χ3n) is 2.56. The van der Waals surface area contributed by atoms with Gasteiger partial charge in [-0.1, -0.05) is 17.8 Å². The van der Waals surface area contributed by atoms with Crippen molar-refractivity contribution in [3.05, 3.63) is 24.4 Å². The molecule has 5 nitrogen and oxygen atoms in total. The molecular formula is C13H20N4OS. The lowest BCUT2D eigenvalue weighted by molar-refractivity contribution is 0.183. The maximum atomic E-state index is 9.94. The number of pyridine rings is 1. The molecule has 1 atom stereocenters. The molecule has 0 saturated carbocycles. The van der Waals surface area contributed by atoms with E-state index in [9.17, 15) is 5.11 Å². The van der Waals surface area contributed by atoms with Gasteiger partial charge in [-0.15, -0.1) is 10.2 Å². The van der Waals surface area contributed by atoms with E-state index in [2.05, 4.69) is 36.3 Å². The van der Waals surface area contributed by atoms with Crippen LogP contribution in [0.5, 0.6) is 0 Å². The van der Waals surface area contributed by atoms with Gasteiger partial charge in [0.1, 0.15) is 0 Å². The average molecular weight is 280 g/mol. The van der Waals surface area contributed by atoms with E-state index >= 15 is 0 Å². The van der Waals surface area contributed by atoms with Crippen molar-refractivity contribution < 1.29 is 5.11 Å². The van der Waals surface area contributed by atoms with Crippen LogP contribution in [0.2, 0.25) is 0 Å². The number of nitrogens with one attached hydrogen (secondary N) is 1. The number of rotatable bonds is 5. The standard InChI is InChI=1S/C13H20N4OS/c1-13(2,3)14-8-10(18)9-19-12-16-15-11-6-4-5-7-17(11)12/h4-7,10,14,18H,8-9H2,1-3H3. The summed E-state index contributed by atoms with van der Waals surface area (Å²) in [7, 11) is 0. The molecule has 19 heavy (non-hydrogen) atoms. The van der Waals surface area contributed by atoms with E-state index in [-0.39, 0.29) is 5.54 Å². The number of aliphatic hydroxyl groups excluding tert-OH is 1. The van der Waals surface area contributed by atoms with Crippen molar-refractivity contribution >= 4 is 17.4 Å². The van der Waals surface area contributed by atoms with Gasteiger partial charge < -0.3 is 10.4 Å². The summed E-state index contributed by atoms with van der Waals surface area (Å²) in [6, 6.07) is 5.78. The van der Waals surface area contributed by atoms with Crippen LogP contribution in [0.15, 0.2) is 29.6 Å². The molecule has 0 bridgehead atoms. The van der Waals surface area contributed by atoms with E-state index in [1.54, 1.807) is 0 Å². The van der Waals surface area contributed by atoms with Gasteiger partial charge in [0, 0.05) is 24.0 Å². The molecule has 2 aromatic heterocycles. The molecule has 2 rings (SSSR count). The van der Waals surface area contributed by atoms with Crippen LogP contribution < -0.4 is 5.32 Å². The fourth-order valence-electron chi connectivity index (χ4n) is 1.57. The van der Waals surface area contributed by atoms with Gasteiger partial charge in [0.05, 0.1) is 6.10 Å². The Morgan fingerprint density at radius 1 is 1.37 bits per heavy atom. The van der Waals surface area contributed by atoms with Crippen LogP contribution >= 0.6 is 11.8 Å². The third kappa shape index (κ3) is 4.19. The molecule has 0 aromatic carbocycles. The van der Waals surface area contributed by atoms with E-state index in [4.69, 9.17) is 0 Å². The molecule has 0 radical (unpaired) electrons. The van der Waals surface area contributed by atoms with Gasteiger partial charge in [-0.2, -0.15) is 0 Å². The van der Waals surface area contributed by atoms with Gasteiger partial charge in [0.2, 0.25) is 0 Å². The van der Waals surface area contributed by atoms with Crippen LogP contribution in [-0.4, -0.2) is 43.6 Å². The first-order chi connectivity index (χ1) is 8.96. The number of aromatic nitrogens is 3. The Morgan fingerprint density at radius 3 is 2.89 bits per heavy atom. The predicted molar refractivity (Wildman–Crippen MR) is 77.5 cm³/mol.